The van der Waals surface area contributed by atoms with Gasteiger partial charge in [-0.05, 0) is 22.0 Å². The number of aromatic nitrogens is 1. The molecule has 1 heterocycles. The lowest BCUT2D eigenvalue weighted by Crippen LogP contribution is -1.76. The summed E-state index contributed by atoms with van der Waals surface area (Å²) < 4.78 is 0.714. The first kappa shape index (κ1) is 8.31. The lowest BCUT2D eigenvalue weighted by Gasteiger charge is -1.96. The van der Waals surface area contributed by atoms with E-state index in [9.17, 15) is 9.90 Å². The fourth-order valence-corrected chi connectivity index (χ4v) is 2.00. The predicted molar refractivity (Wildman–Crippen MR) is 53.1 cm³/mol. The number of hydrogen-bond acceptors (Lipinski definition) is 2. The highest BCUT2D eigenvalue weighted by Crippen LogP contribution is 2.30. The largest absolute Gasteiger partial charge is 0.508 e. The van der Waals surface area contributed by atoms with E-state index in [1.54, 1.807) is 18.3 Å². The molecule has 2 N–H and O–H groups in total. The summed E-state index contributed by atoms with van der Waals surface area (Å²) in [6, 6.07) is 3.14. The van der Waals surface area contributed by atoms with Gasteiger partial charge in [0.25, 0.3) is 0 Å². The van der Waals surface area contributed by atoms with Gasteiger partial charge in [-0.1, -0.05) is 0 Å². The smallest absolute Gasteiger partial charge is 0.152 e. The Bertz CT molecular complexity index is 476. The Morgan fingerprint density at radius 1 is 1.46 bits per heavy atom. The standard InChI is InChI=1S/C9H6BrNO2/c10-7-1-6(13)2-8-9(7)5(4-12)3-11-8/h1-4,11,13H. The minimum absolute atomic E-state index is 0.165. The van der Waals surface area contributed by atoms with Gasteiger partial charge in [0.1, 0.15) is 5.75 Å². The molecule has 0 aliphatic carbocycles. The normalized spacial score (nSPS) is 10.5. The van der Waals surface area contributed by atoms with Crippen LogP contribution in [0.1, 0.15) is 10.4 Å². The van der Waals surface area contributed by atoms with Crippen molar-refractivity contribution in [2.45, 2.75) is 0 Å². The summed E-state index contributed by atoms with van der Waals surface area (Å²) in [4.78, 5) is 13.5. The molecule has 0 saturated carbocycles. The van der Waals surface area contributed by atoms with Gasteiger partial charge in [-0.3, -0.25) is 4.79 Å². The van der Waals surface area contributed by atoms with E-state index in [-0.39, 0.29) is 5.75 Å². The maximum absolute atomic E-state index is 10.6. The van der Waals surface area contributed by atoms with Crippen LogP contribution >= 0.6 is 15.9 Å². The molecule has 0 amide bonds. The summed E-state index contributed by atoms with van der Waals surface area (Å²) in [5, 5.41) is 10.1. The van der Waals surface area contributed by atoms with E-state index < -0.39 is 0 Å². The first-order valence-corrected chi connectivity index (χ1v) is 4.46. The molecule has 66 valence electrons. The number of nitrogens with one attached hydrogen (secondary N) is 1. The molecule has 0 unspecified atom stereocenters. The Balaban J connectivity index is 2.89. The van der Waals surface area contributed by atoms with Crippen molar-refractivity contribution in [2.24, 2.45) is 0 Å². The van der Waals surface area contributed by atoms with E-state index in [2.05, 4.69) is 20.9 Å². The topological polar surface area (TPSA) is 53.1 Å². The maximum Gasteiger partial charge on any atom is 0.152 e. The van der Waals surface area contributed by atoms with Crippen molar-refractivity contribution < 1.29 is 9.90 Å². The fourth-order valence-electron chi connectivity index (χ4n) is 1.32. The number of halogens is 1. The molecule has 1 aromatic carbocycles. The van der Waals surface area contributed by atoms with Crippen LogP contribution < -0.4 is 0 Å². The molecule has 0 aliphatic heterocycles. The quantitative estimate of drug-likeness (QED) is 0.752. The molecule has 3 nitrogen and oxygen atoms in total. The lowest BCUT2D eigenvalue weighted by atomic mass is 10.2. The van der Waals surface area contributed by atoms with Crippen LogP contribution in [0.2, 0.25) is 0 Å². The van der Waals surface area contributed by atoms with Gasteiger partial charge in [-0.15, -0.1) is 0 Å². The van der Waals surface area contributed by atoms with Gasteiger partial charge in [0.05, 0.1) is 5.52 Å². The van der Waals surface area contributed by atoms with Crippen LogP contribution in [0.5, 0.6) is 5.75 Å². The molecule has 0 fully saturated rings. The van der Waals surface area contributed by atoms with Gasteiger partial charge in [0, 0.05) is 27.7 Å². The zero-order valence-corrected chi connectivity index (χ0v) is 8.13. The number of aromatic hydroxyl groups is 1. The number of aldehydes is 1. The number of H-pyrrole nitrogens is 1. The van der Waals surface area contributed by atoms with Gasteiger partial charge < -0.3 is 10.1 Å². The lowest BCUT2D eigenvalue weighted by molar-refractivity contribution is 0.112. The predicted octanol–water partition coefficient (Wildman–Crippen LogP) is 2.45. The third-order valence-electron chi connectivity index (χ3n) is 1.87. The minimum Gasteiger partial charge on any atom is -0.508 e. The number of phenols is 1. The van der Waals surface area contributed by atoms with E-state index in [0.29, 0.717) is 10.0 Å². The van der Waals surface area contributed by atoms with Crippen molar-refractivity contribution in [2.75, 3.05) is 0 Å². The second-order valence-electron chi connectivity index (χ2n) is 2.71. The fraction of sp³-hybridized carbons (Fsp3) is 0. The molecule has 0 aliphatic rings. The zero-order valence-electron chi connectivity index (χ0n) is 6.54. The number of aromatic amines is 1. The van der Waals surface area contributed by atoms with E-state index in [1.165, 1.54) is 0 Å². The first-order chi connectivity index (χ1) is 6.22. The molecule has 0 spiro atoms. The van der Waals surface area contributed by atoms with Crippen LogP contribution in [0, 0.1) is 0 Å². The van der Waals surface area contributed by atoms with Crippen LogP contribution in [0.15, 0.2) is 22.8 Å². The molecule has 13 heavy (non-hydrogen) atoms. The van der Waals surface area contributed by atoms with Crippen LogP contribution in [0.4, 0.5) is 0 Å². The molecule has 2 rings (SSSR count). The number of rotatable bonds is 1. The van der Waals surface area contributed by atoms with Crippen molar-refractivity contribution >= 4 is 33.1 Å². The van der Waals surface area contributed by atoms with Crippen molar-refractivity contribution in [3.63, 3.8) is 0 Å². The molecule has 0 bridgehead atoms. The van der Waals surface area contributed by atoms with Crippen LogP contribution in [0.3, 0.4) is 0 Å². The summed E-state index contributed by atoms with van der Waals surface area (Å²) in [5.41, 5.74) is 1.33. The van der Waals surface area contributed by atoms with E-state index in [4.69, 9.17) is 0 Å². The number of fused-ring (bicyclic) bond motifs is 1. The molecule has 0 atom stereocenters. The molecule has 0 radical (unpaired) electrons. The van der Waals surface area contributed by atoms with Crippen molar-refractivity contribution in [1.29, 1.82) is 0 Å². The average Bonchev–Trinajstić information content (AvgIpc) is 2.47. The second-order valence-corrected chi connectivity index (χ2v) is 3.57. The zero-order chi connectivity index (χ0) is 9.42. The van der Waals surface area contributed by atoms with Crippen molar-refractivity contribution in [3.8, 4) is 5.75 Å². The number of hydrogen-bond donors (Lipinski definition) is 2. The number of phenolic OH excluding ortho intramolecular Hbond substituents is 1. The van der Waals surface area contributed by atoms with Gasteiger partial charge in [-0.2, -0.15) is 0 Å². The van der Waals surface area contributed by atoms with Gasteiger partial charge in [0.2, 0.25) is 0 Å². The summed E-state index contributed by atoms with van der Waals surface area (Å²) in [5.74, 6) is 0.165. The Morgan fingerprint density at radius 3 is 2.92 bits per heavy atom. The Hall–Kier alpha value is -1.29. The summed E-state index contributed by atoms with van der Waals surface area (Å²) in [7, 11) is 0. The average molecular weight is 240 g/mol. The van der Waals surface area contributed by atoms with Gasteiger partial charge in [-0.25, -0.2) is 0 Å². The second kappa shape index (κ2) is 2.88. The summed E-state index contributed by atoms with van der Waals surface area (Å²) in [6.07, 6.45) is 2.39. The number of carbonyl (C=O) groups excluding carboxylic acids is 1. The van der Waals surface area contributed by atoms with E-state index >= 15 is 0 Å². The van der Waals surface area contributed by atoms with E-state index in [0.717, 1.165) is 17.2 Å². The Kier molecular flexibility index (Phi) is 1.84. The van der Waals surface area contributed by atoms with Crippen LogP contribution in [-0.2, 0) is 0 Å². The molecule has 0 saturated heterocycles. The first-order valence-electron chi connectivity index (χ1n) is 3.67. The van der Waals surface area contributed by atoms with Gasteiger partial charge >= 0.3 is 0 Å². The molecular formula is C9H6BrNO2. The van der Waals surface area contributed by atoms with Crippen LogP contribution in [0.25, 0.3) is 10.9 Å². The molecule has 1 aromatic heterocycles. The highest BCUT2D eigenvalue weighted by Gasteiger charge is 2.07. The Labute approximate surface area is 82.5 Å². The molecular weight excluding hydrogens is 234 g/mol. The summed E-state index contributed by atoms with van der Waals surface area (Å²) in [6.45, 7) is 0. The van der Waals surface area contributed by atoms with Crippen molar-refractivity contribution in [1.82, 2.24) is 4.98 Å². The van der Waals surface area contributed by atoms with Gasteiger partial charge in [0.15, 0.2) is 6.29 Å². The molecule has 4 heteroatoms. The highest BCUT2D eigenvalue weighted by atomic mass is 79.9. The number of benzene rings is 1. The highest BCUT2D eigenvalue weighted by molar-refractivity contribution is 9.10. The third-order valence-corrected chi connectivity index (χ3v) is 2.50. The summed E-state index contributed by atoms with van der Waals surface area (Å²) >= 11 is 3.28. The number of carbonyl (C=O) groups is 1. The maximum atomic E-state index is 10.6. The minimum atomic E-state index is 0.165. The van der Waals surface area contributed by atoms with E-state index in [1.807, 2.05) is 0 Å². The monoisotopic (exact) mass is 239 g/mol. The molecule has 2 aromatic rings. The van der Waals surface area contributed by atoms with Crippen molar-refractivity contribution in [3.05, 3.63) is 28.4 Å². The Morgan fingerprint density at radius 2 is 2.23 bits per heavy atom. The van der Waals surface area contributed by atoms with Crippen LogP contribution in [-0.4, -0.2) is 16.4 Å². The SMILES string of the molecule is O=Cc1c[nH]c2cc(O)cc(Br)c12. The third kappa shape index (κ3) is 1.23.